The molecule has 114 valence electrons. The van der Waals surface area contributed by atoms with Gasteiger partial charge in [-0.05, 0) is 37.0 Å². The van der Waals surface area contributed by atoms with Gasteiger partial charge in [-0.2, -0.15) is 0 Å². The van der Waals surface area contributed by atoms with Crippen molar-refractivity contribution in [1.82, 2.24) is 10.2 Å². The van der Waals surface area contributed by atoms with E-state index in [2.05, 4.69) is 5.32 Å². The van der Waals surface area contributed by atoms with Crippen molar-refractivity contribution in [2.24, 2.45) is 11.7 Å². The fourth-order valence-electron chi connectivity index (χ4n) is 2.54. The summed E-state index contributed by atoms with van der Waals surface area (Å²) in [5.74, 6) is 0.103. The summed E-state index contributed by atoms with van der Waals surface area (Å²) in [6, 6.07) is 4.34. The Bertz CT molecular complexity index is 550. The van der Waals surface area contributed by atoms with Crippen LogP contribution in [0.15, 0.2) is 18.2 Å². The number of primary amides is 1. The molecule has 0 bridgehead atoms. The summed E-state index contributed by atoms with van der Waals surface area (Å²) in [5, 5.41) is 2.95. The van der Waals surface area contributed by atoms with Crippen molar-refractivity contribution in [2.75, 3.05) is 25.4 Å². The van der Waals surface area contributed by atoms with Crippen LogP contribution in [0.5, 0.6) is 0 Å². The molecular weight excluding hydrogens is 292 g/mol. The Labute approximate surface area is 128 Å². The molecule has 1 saturated heterocycles. The zero-order valence-corrected chi connectivity index (χ0v) is 12.4. The normalized spacial score (nSPS) is 18.3. The summed E-state index contributed by atoms with van der Waals surface area (Å²) in [6.45, 7) is 1.75. The number of rotatable bonds is 3. The van der Waals surface area contributed by atoms with Gasteiger partial charge >= 0.3 is 6.03 Å². The number of piperidine rings is 1. The molecule has 0 radical (unpaired) electrons. The number of carbonyl (C=O) groups excluding carboxylic acids is 2. The summed E-state index contributed by atoms with van der Waals surface area (Å²) in [5.41, 5.74) is 11.7. The van der Waals surface area contributed by atoms with Gasteiger partial charge in [-0.3, -0.25) is 4.79 Å². The number of carbonyl (C=O) groups is 2. The highest BCUT2D eigenvalue weighted by molar-refractivity contribution is 6.34. The lowest BCUT2D eigenvalue weighted by Crippen LogP contribution is -2.44. The van der Waals surface area contributed by atoms with Crippen LogP contribution in [-0.2, 0) is 0 Å². The van der Waals surface area contributed by atoms with Crippen molar-refractivity contribution < 1.29 is 9.59 Å². The number of nitrogens with zero attached hydrogens (tertiary/aromatic N) is 1. The zero-order valence-electron chi connectivity index (χ0n) is 11.6. The summed E-state index contributed by atoms with van der Waals surface area (Å²) < 4.78 is 0. The number of nitrogens with two attached hydrogens (primary N) is 2. The van der Waals surface area contributed by atoms with Crippen molar-refractivity contribution >= 4 is 29.2 Å². The number of amides is 3. The number of likely N-dealkylation sites (tertiary alicyclic amines) is 1. The summed E-state index contributed by atoms with van der Waals surface area (Å²) in [4.78, 5) is 25.0. The number of hydrogen-bond acceptors (Lipinski definition) is 3. The lowest BCUT2D eigenvalue weighted by atomic mass is 9.97. The first kappa shape index (κ1) is 15.4. The molecule has 1 fully saturated rings. The number of halogens is 1. The molecule has 0 spiro atoms. The van der Waals surface area contributed by atoms with E-state index in [-0.39, 0.29) is 11.8 Å². The van der Waals surface area contributed by atoms with Crippen LogP contribution in [0, 0.1) is 5.92 Å². The summed E-state index contributed by atoms with van der Waals surface area (Å²) in [6.07, 6.45) is 1.85. The van der Waals surface area contributed by atoms with Gasteiger partial charge in [-0.1, -0.05) is 11.6 Å². The number of nitrogen functional groups attached to an aromatic ring is 1. The third kappa shape index (κ3) is 4.01. The number of nitrogens with one attached hydrogen (secondary N) is 1. The fraction of sp³-hybridized carbons (Fsp3) is 0.429. The second-order valence-corrected chi connectivity index (χ2v) is 5.65. The minimum Gasteiger partial charge on any atom is -0.399 e. The van der Waals surface area contributed by atoms with E-state index < -0.39 is 6.03 Å². The Kier molecular flexibility index (Phi) is 4.90. The molecule has 1 aliphatic heterocycles. The number of benzene rings is 1. The first-order chi connectivity index (χ1) is 9.97. The average Bonchev–Trinajstić information content (AvgIpc) is 2.45. The molecule has 0 aromatic heterocycles. The van der Waals surface area contributed by atoms with Gasteiger partial charge in [0.2, 0.25) is 0 Å². The molecule has 1 aliphatic rings. The third-order valence-corrected chi connectivity index (χ3v) is 3.91. The monoisotopic (exact) mass is 310 g/mol. The molecule has 2 rings (SSSR count). The van der Waals surface area contributed by atoms with Crippen LogP contribution >= 0.6 is 11.6 Å². The second kappa shape index (κ2) is 6.67. The largest absolute Gasteiger partial charge is 0.399 e. The van der Waals surface area contributed by atoms with Crippen molar-refractivity contribution in [3.63, 3.8) is 0 Å². The molecule has 0 saturated carbocycles. The van der Waals surface area contributed by atoms with Gasteiger partial charge in [0, 0.05) is 25.3 Å². The number of urea groups is 1. The van der Waals surface area contributed by atoms with E-state index in [4.69, 9.17) is 23.1 Å². The van der Waals surface area contributed by atoms with Crippen LogP contribution in [0.4, 0.5) is 10.5 Å². The highest BCUT2D eigenvalue weighted by atomic mass is 35.5. The van der Waals surface area contributed by atoms with Crippen LogP contribution in [0.3, 0.4) is 0 Å². The molecule has 1 unspecified atom stereocenters. The van der Waals surface area contributed by atoms with Gasteiger partial charge < -0.3 is 21.7 Å². The topological polar surface area (TPSA) is 101 Å². The molecule has 1 aromatic carbocycles. The van der Waals surface area contributed by atoms with Crippen LogP contribution in [0.2, 0.25) is 5.02 Å². The second-order valence-electron chi connectivity index (χ2n) is 5.24. The molecular formula is C14H19ClN4O2. The van der Waals surface area contributed by atoms with Gasteiger partial charge in [0.05, 0.1) is 10.6 Å². The Morgan fingerprint density at radius 2 is 2.19 bits per heavy atom. The van der Waals surface area contributed by atoms with Crippen LogP contribution < -0.4 is 16.8 Å². The van der Waals surface area contributed by atoms with Crippen molar-refractivity contribution in [2.45, 2.75) is 12.8 Å². The van der Waals surface area contributed by atoms with Crippen LogP contribution in [-0.4, -0.2) is 36.5 Å². The highest BCUT2D eigenvalue weighted by Crippen LogP contribution is 2.23. The SMILES string of the molecule is NC(=O)NCC1CCCN(C(=O)c2ccc(N)cc2Cl)C1. The maximum atomic E-state index is 12.5. The maximum Gasteiger partial charge on any atom is 0.312 e. The first-order valence-corrected chi connectivity index (χ1v) is 7.22. The molecule has 7 heteroatoms. The van der Waals surface area contributed by atoms with Crippen LogP contribution in [0.1, 0.15) is 23.2 Å². The fourth-order valence-corrected chi connectivity index (χ4v) is 2.81. The molecule has 5 N–H and O–H groups in total. The van der Waals surface area contributed by atoms with Gasteiger partial charge in [0.1, 0.15) is 0 Å². The predicted molar refractivity (Wildman–Crippen MR) is 82.1 cm³/mol. The van der Waals surface area contributed by atoms with E-state index in [0.29, 0.717) is 35.9 Å². The van der Waals surface area contributed by atoms with Crippen molar-refractivity contribution in [1.29, 1.82) is 0 Å². The van der Waals surface area contributed by atoms with Crippen LogP contribution in [0.25, 0.3) is 0 Å². The Morgan fingerprint density at radius 1 is 1.43 bits per heavy atom. The maximum absolute atomic E-state index is 12.5. The molecule has 1 aromatic rings. The summed E-state index contributed by atoms with van der Waals surface area (Å²) >= 11 is 6.08. The molecule has 1 atom stereocenters. The molecule has 6 nitrogen and oxygen atoms in total. The molecule has 1 heterocycles. The summed E-state index contributed by atoms with van der Waals surface area (Å²) in [7, 11) is 0. The van der Waals surface area contributed by atoms with Gasteiger partial charge in [0.15, 0.2) is 0 Å². The molecule has 21 heavy (non-hydrogen) atoms. The lowest BCUT2D eigenvalue weighted by Gasteiger charge is -2.33. The Balaban J connectivity index is 2.03. The standard InChI is InChI=1S/C14H19ClN4O2/c15-12-6-10(16)3-4-11(12)13(20)19-5-1-2-9(8-19)7-18-14(17)21/h3-4,6,9H,1-2,5,7-8,16H2,(H3,17,18,21). The van der Waals surface area contributed by atoms with Crippen molar-refractivity contribution in [3.8, 4) is 0 Å². The Hall–Kier alpha value is -1.95. The van der Waals surface area contributed by atoms with Gasteiger partial charge in [0.25, 0.3) is 5.91 Å². The lowest BCUT2D eigenvalue weighted by molar-refractivity contribution is 0.0675. The average molecular weight is 311 g/mol. The van der Waals surface area contributed by atoms with E-state index in [0.717, 1.165) is 12.8 Å². The van der Waals surface area contributed by atoms with E-state index in [9.17, 15) is 9.59 Å². The molecule has 0 aliphatic carbocycles. The minimum atomic E-state index is -0.542. The zero-order chi connectivity index (χ0) is 15.4. The first-order valence-electron chi connectivity index (χ1n) is 6.85. The van der Waals surface area contributed by atoms with Crippen molar-refractivity contribution in [3.05, 3.63) is 28.8 Å². The van der Waals surface area contributed by atoms with E-state index in [1.165, 1.54) is 0 Å². The predicted octanol–water partition coefficient (Wildman–Crippen LogP) is 1.44. The van der Waals surface area contributed by atoms with Gasteiger partial charge in [-0.25, -0.2) is 4.79 Å². The highest BCUT2D eigenvalue weighted by Gasteiger charge is 2.25. The number of anilines is 1. The van der Waals surface area contributed by atoms with E-state index >= 15 is 0 Å². The Morgan fingerprint density at radius 3 is 2.86 bits per heavy atom. The smallest absolute Gasteiger partial charge is 0.312 e. The quantitative estimate of drug-likeness (QED) is 0.736. The number of hydrogen-bond donors (Lipinski definition) is 3. The minimum absolute atomic E-state index is 0.108. The van der Waals surface area contributed by atoms with E-state index in [1.54, 1.807) is 23.1 Å². The van der Waals surface area contributed by atoms with E-state index in [1.807, 2.05) is 0 Å². The molecule has 3 amide bonds. The third-order valence-electron chi connectivity index (χ3n) is 3.59. The van der Waals surface area contributed by atoms with Gasteiger partial charge in [-0.15, -0.1) is 0 Å².